The Labute approximate surface area is 149 Å². The molecular formula is C20H26N4O. The number of benzene rings is 1. The van der Waals surface area contributed by atoms with Crippen LogP contribution < -0.4 is 4.90 Å². The summed E-state index contributed by atoms with van der Waals surface area (Å²) >= 11 is 0. The van der Waals surface area contributed by atoms with Crippen molar-refractivity contribution in [2.45, 2.75) is 13.5 Å². The fourth-order valence-corrected chi connectivity index (χ4v) is 3.09. The third kappa shape index (κ3) is 4.37. The lowest BCUT2D eigenvalue weighted by molar-refractivity contribution is 0.0746. The summed E-state index contributed by atoms with van der Waals surface area (Å²) in [7, 11) is 2.14. The first kappa shape index (κ1) is 17.4. The highest BCUT2D eigenvalue weighted by molar-refractivity contribution is 5.93. The normalized spacial score (nSPS) is 15.2. The Morgan fingerprint density at radius 3 is 2.52 bits per heavy atom. The SMILES string of the molecule is CCN(Cc1ccccc1)C(=O)c1cc(N2CCN(C)CC2)ccn1. The molecule has 3 rings (SSSR count). The predicted molar refractivity (Wildman–Crippen MR) is 101 cm³/mol. The van der Waals surface area contributed by atoms with Crippen molar-refractivity contribution in [3.8, 4) is 0 Å². The van der Waals surface area contributed by atoms with E-state index in [4.69, 9.17) is 0 Å². The van der Waals surface area contributed by atoms with Crippen LogP contribution in [0.4, 0.5) is 5.69 Å². The van der Waals surface area contributed by atoms with Crippen LogP contribution in [0.25, 0.3) is 0 Å². The molecule has 5 heteroatoms. The number of hydrogen-bond acceptors (Lipinski definition) is 4. The maximum atomic E-state index is 12.9. The zero-order chi connectivity index (χ0) is 17.6. The van der Waals surface area contributed by atoms with E-state index in [0.717, 1.165) is 37.4 Å². The molecule has 1 aliphatic heterocycles. The quantitative estimate of drug-likeness (QED) is 0.840. The van der Waals surface area contributed by atoms with E-state index in [2.05, 4.69) is 21.8 Å². The molecule has 1 fully saturated rings. The second kappa shape index (κ2) is 8.12. The number of aromatic nitrogens is 1. The van der Waals surface area contributed by atoms with Crippen LogP contribution in [-0.2, 0) is 6.54 Å². The molecule has 0 radical (unpaired) electrons. The summed E-state index contributed by atoms with van der Waals surface area (Å²) in [6, 6.07) is 14.0. The van der Waals surface area contributed by atoms with Crippen molar-refractivity contribution in [1.29, 1.82) is 0 Å². The van der Waals surface area contributed by atoms with Gasteiger partial charge in [-0.2, -0.15) is 0 Å². The average molecular weight is 338 g/mol. The number of carbonyl (C=O) groups is 1. The lowest BCUT2D eigenvalue weighted by atomic mass is 10.2. The fourth-order valence-electron chi connectivity index (χ4n) is 3.09. The standard InChI is InChI=1S/C20H26N4O/c1-3-23(16-17-7-5-4-6-8-17)20(25)19-15-18(9-10-21-19)24-13-11-22(2)12-14-24/h4-10,15H,3,11-14,16H2,1-2H3. The molecule has 1 aliphatic rings. The minimum absolute atomic E-state index is 0.0117. The highest BCUT2D eigenvalue weighted by atomic mass is 16.2. The van der Waals surface area contributed by atoms with E-state index in [0.29, 0.717) is 18.8 Å². The van der Waals surface area contributed by atoms with Crippen molar-refractivity contribution in [3.05, 3.63) is 59.9 Å². The summed E-state index contributed by atoms with van der Waals surface area (Å²) in [4.78, 5) is 23.7. The molecule has 0 atom stereocenters. The molecule has 0 bridgehead atoms. The van der Waals surface area contributed by atoms with E-state index >= 15 is 0 Å². The molecule has 25 heavy (non-hydrogen) atoms. The Hall–Kier alpha value is -2.40. The molecule has 1 aromatic heterocycles. The van der Waals surface area contributed by atoms with Gasteiger partial charge < -0.3 is 14.7 Å². The molecular weight excluding hydrogens is 312 g/mol. The molecule has 2 heterocycles. The van der Waals surface area contributed by atoms with E-state index in [9.17, 15) is 4.79 Å². The van der Waals surface area contributed by atoms with Crippen LogP contribution in [-0.4, -0.2) is 60.5 Å². The van der Waals surface area contributed by atoms with Crippen LogP contribution in [0.3, 0.4) is 0 Å². The molecule has 0 aliphatic carbocycles. The Bertz CT molecular complexity index is 696. The Balaban J connectivity index is 1.73. The first-order valence-electron chi connectivity index (χ1n) is 8.90. The van der Waals surface area contributed by atoms with Gasteiger partial charge in [-0.25, -0.2) is 0 Å². The zero-order valence-electron chi connectivity index (χ0n) is 15.1. The van der Waals surface area contributed by atoms with Gasteiger partial charge in [-0.05, 0) is 31.7 Å². The van der Waals surface area contributed by atoms with Gasteiger partial charge in [0, 0.05) is 51.2 Å². The zero-order valence-corrected chi connectivity index (χ0v) is 15.1. The van der Waals surface area contributed by atoms with E-state index in [1.54, 1.807) is 6.20 Å². The molecule has 1 aromatic carbocycles. The van der Waals surface area contributed by atoms with Crippen LogP contribution in [0.2, 0.25) is 0 Å². The number of likely N-dealkylation sites (N-methyl/N-ethyl adjacent to an activating group) is 1. The van der Waals surface area contributed by atoms with Crippen LogP contribution in [0.15, 0.2) is 48.7 Å². The van der Waals surface area contributed by atoms with Crippen LogP contribution in [0.1, 0.15) is 23.0 Å². The first-order valence-corrected chi connectivity index (χ1v) is 8.90. The third-order valence-electron chi connectivity index (χ3n) is 4.72. The monoisotopic (exact) mass is 338 g/mol. The predicted octanol–water partition coefficient (Wildman–Crippen LogP) is 2.50. The number of rotatable bonds is 5. The lowest BCUT2D eigenvalue weighted by Gasteiger charge is -2.34. The number of anilines is 1. The van der Waals surface area contributed by atoms with Crippen LogP contribution in [0, 0.1) is 0 Å². The van der Waals surface area contributed by atoms with Gasteiger partial charge in [0.05, 0.1) is 0 Å². The largest absolute Gasteiger partial charge is 0.369 e. The van der Waals surface area contributed by atoms with Crippen molar-refractivity contribution in [1.82, 2.24) is 14.8 Å². The van der Waals surface area contributed by atoms with E-state index in [1.165, 1.54) is 0 Å². The molecule has 5 nitrogen and oxygen atoms in total. The van der Waals surface area contributed by atoms with Gasteiger partial charge in [0.2, 0.25) is 0 Å². The van der Waals surface area contributed by atoms with Gasteiger partial charge in [-0.3, -0.25) is 9.78 Å². The van der Waals surface area contributed by atoms with Crippen LogP contribution >= 0.6 is 0 Å². The summed E-state index contributed by atoms with van der Waals surface area (Å²) in [6.45, 7) is 7.32. The van der Waals surface area contributed by atoms with Gasteiger partial charge in [-0.1, -0.05) is 30.3 Å². The Morgan fingerprint density at radius 2 is 1.84 bits per heavy atom. The van der Waals surface area contributed by atoms with Crippen molar-refractivity contribution >= 4 is 11.6 Å². The van der Waals surface area contributed by atoms with Crippen molar-refractivity contribution in [2.75, 3.05) is 44.7 Å². The molecule has 2 aromatic rings. The van der Waals surface area contributed by atoms with E-state index in [1.807, 2.05) is 54.3 Å². The van der Waals surface area contributed by atoms with Crippen LogP contribution in [0.5, 0.6) is 0 Å². The number of carbonyl (C=O) groups excluding carboxylic acids is 1. The summed E-state index contributed by atoms with van der Waals surface area (Å²) < 4.78 is 0. The first-order chi connectivity index (χ1) is 12.2. The summed E-state index contributed by atoms with van der Waals surface area (Å²) in [5.74, 6) is -0.0117. The molecule has 1 amide bonds. The van der Waals surface area contributed by atoms with E-state index < -0.39 is 0 Å². The molecule has 0 saturated carbocycles. The molecule has 0 unspecified atom stereocenters. The maximum Gasteiger partial charge on any atom is 0.272 e. The Morgan fingerprint density at radius 1 is 1.12 bits per heavy atom. The maximum absolute atomic E-state index is 12.9. The second-order valence-electron chi connectivity index (χ2n) is 6.49. The number of amides is 1. The lowest BCUT2D eigenvalue weighted by Crippen LogP contribution is -2.44. The summed E-state index contributed by atoms with van der Waals surface area (Å²) in [5.41, 5.74) is 2.74. The van der Waals surface area contributed by atoms with E-state index in [-0.39, 0.29) is 5.91 Å². The average Bonchev–Trinajstić information content (AvgIpc) is 2.67. The third-order valence-corrected chi connectivity index (χ3v) is 4.72. The van der Waals surface area contributed by atoms with Gasteiger partial charge in [-0.15, -0.1) is 0 Å². The number of nitrogens with zero attached hydrogens (tertiary/aromatic N) is 4. The van der Waals surface area contributed by atoms with Crippen molar-refractivity contribution in [2.24, 2.45) is 0 Å². The van der Waals surface area contributed by atoms with Crippen molar-refractivity contribution < 1.29 is 4.79 Å². The molecule has 1 saturated heterocycles. The van der Waals surface area contributed by atoms with Gasteiger partial charge >= 0.3 is 0 Å². The van der Waals surface area contributed by atoms with Gasteiger partial charge in [0.1, 0.15) is 5.69 Å². The minimum atomic E-state index is -0.0117. The number of piperazine rings is 1. The summed E-state index contributed by atoms with van der Waals surface area (Å²) in [5, 5.41) is 0. The minimum Gasteiger partial charge on any atom is -0.369 e. The fraction of sp³-hybridized carbons (Fsp3) is 0.400. The Kier molecular flexibility index (Phi) is 5.66. The van der Waals surface area contributed by atoms with Gasteiger partial charge in [0.15, 0.2) is 0 Å². The number of hydrogen-bond donors (Lipinski definition) is 0. The number of pyridine rings is 1. The smallest absolute Gasteiger partial charge is 0.272 e. The molecule has 0 N–H and O–H groups in total. The topological polar surface area (TPSA) is 39.7 Å². The molecule has 0 spiro atoms. The van der Waals surface area contributed by atoms with Gasteiger partial charge in [0.25, 0.3) is 5.91 Å². The highest BCUT2D eigenvalue weighted by Gasteiger charge is 2.19. The molecule has 132 valence electrons. The second-order valence-corrected chi connectivity index (χ2v) is 6.49. The highest BCUT2D eigenvalue weighted by Crippen LogP contribution is 2.18. The van der Waals surface area contributed by atoms with Crippen molar-refractivity contribution in [3.63, 3.8) is 0 Å². The summed E-state index contributed by atoms with van der Waals surface area (Å²) in [6.07, 6.45) is 1.75.